The molecule has 0 aliphatic heterocycles. The fourth-order valence-electron chi connectivity index (χ4n) is 5.93. The summed E-state index contributed by atoms with van der Waals surface area (Å²) in [5.74, 6) is 1.30. The van der Waals surface area contributed by atoms with E-state index < -0.39 is 18.4 Å². The summed E-state index contributed by atoms with van der Waals surface area (Å²) in [5, 5.41) is 10.4. The topological polar surface area (TPSA) is 46.5 Å². The number of hydrogen-bond donors (Lipinski definition) is 1. The van der Waals surface area contributed by atoms with Crippen molar-refractivity contribution in [3.63, 3.8) is 0 Å². The van der Waals surface area contributed by atoms with Gasteiger partial charge in [0.05, 0.1) is 0 Å². The third kappa shape index (κ3) is 3.33. The molecule has 2 fully saturated rings. The van der Waals surface area contributed by atoms with Crippen molar-refractivity contribution in [2.24, 2.45) is 17.8 Å². The summed E-state index contributed by atoms with van der Waals surface area (Å²) < 4.78 is 10.4. The normalized spacial score (nSPS) is 26.6. The summed E-state index contributed by atoms with van der Waals surface area (Å²) in [5.41, 5.74) is 0. The maximum absolute atomic E-state index is 12.1. The van der Waals surface area contributed by atoms with E-state index >= 15 is 0 Å². The first-order valence-electron chi connectivity index (χ1n) is 10.2. The van der Waals surface area contributed by atoms with Gasteiger partial charge in [-0.1, -0.05) is 0 Å². The van der Waals surface area contributed by atoms with Crippen LogP contribution >= 0.6 is 0 Å². The number of fused-ring (bicyclic) bond motifs is 2. The van der Waals surface area contributed by atoms with E-state index in [0.29, 0.717) is 21.7 Å². The first-order chi connectivity index (χ1) is 13.7. The van der Waals surface area contributed by atoms with E-state index in [4.69, 9.17) is 4.74 Å². The quantitative estimate of drug-likeness (QED) is 0.391. The average Bonchev–Trinajstić information content (AvgIpc) is 3.37. The predicted molar refractivity (Wildman–Crippen MR) is 114 cm³/mol. The summed E-state index contributed by atoms with van der Waals surface area (Å²) in [4.78, 5) is 12.1. The molecule has 0 unspecified atom stereocenters. The van der Waals surface area contributed by atoms with Crippen molar-refractivity contribution in [1.29, 1.82) is 0 Å². The monoisotopic (exact) mass is 484 g/mol. The molecule has 0 aromatic heterocycles. The molecule has 0 heterocycles. The molecule has 2 aliphatic carbocycles. The number of aliphatic hydroxyl groups is 1. The number of esters is 1. The van der Waals surface area contributed by atoms with Gasteiger partial charge in [0.1, 0.15) is 0 Å². The van der Waals surface area contributed by atoms with Crippen LogP contribution in [0.3, 0.4) is 0 Å². The van der Waals surface area contributed by atoms with E-state index in [0.717, 1.165) is 0 Å². The van der Waals surface area contributed by atoms with Crippen molar-refractivity contribution >= 4 is 31.5 Å². The second kappa shape index (κ2) is 8.42. The van der Waals surface area contributed by atoms with Gasteiger partial charge < -0.3 is 0 Å². The summed E-state index contributed by atoms with van der Waals surface area (Å²) >= 11 is -3.50. The van der Waals surface area contributed by atoms with Crippen LogP contribution in [-0.2, 0) is 9.53 Å². The van der Waals surface area contributed by atoms with E-state index in [1.54, 1.807) is 6.08 Å². The predicted octanol–water partition coefficient (Wildman–Crippen LogP) is 2.93. The van der Waals surface area contributed by atoms with Crippen LogP contribution in [0, 0.1) is 17.8 Å². The first kappa shape index (κ1) is 19.7. The Morgan fingerprint density at radius 1 is 1.04 bits per heavy atom. The molecule has 0 radical (unpaired) electrons. The van der Waals surface area contributed by atoms with Gasteiger partial charge in [-0.05, 0) is 0 Å². The molecule has 4 rings (SSSR count). The molecule has 2 aliphatic rings. The number of benzene rings is 2. The Bertz CT molecular complexity index is 794. The Morgan fingerprint density at radius 2 is 1.61 bits per heavy atom. The van der Waals surface area contributed by atoms with Crippen LogP contribution in [0.1, 0.15) is 19.3 Å². The number of methoxy groups -OCH3 is 1. The molecule has 1 N–H and O–H groups in total. The fourth-order valence-corrected chi connectivity index (χ4v) is 22.2. The van der Waals surface area contributed by atoms with Gasteiger partial charge >= 0.3 is 172 Å². The van der Waals surface area contributed by atoms with Gasteiger partial charge in [-0.25, -0.2) is 0 Å². The van der Waals surface area contributed by atoms with E-state index in [2.05, 4.69) is 64.8 Å². The van der Waals surface area contributed by atoms with Crippen LogP contribution < -0.4 is 7.16 Å². The van der Waals surface area contributed by atoms with Gasteiger partial charge in [0.15, 0.2) is 0 Å². The number of carbonyl (C=O) groups excluding carboxylic acids is 1. The molecule has 2 aromatic carbocycles. The summed E-state index contributed by atoms with van der Waals surface area (Å²) in [6.07, 6.45) is 5.37. The van der Waals surface area contributed by atoms with Crippen molar-refractivity contribution in [3.8, 4) is 0 Å². The van der Waals surface area contributed by atoms with Gasteiger partial charge in [0.2, 0.25) is 0 Å². The van der Waals surface area contributed by atoms with Crippen molar-refractivity contribution in [2.75, 3.05) is 13.7 Å². The molecule has 146 valence electrons. The third-order valence-corrected chi connectivity index (χ3v) is 21.9. The minimum atomic E-state index is -3.50. The molecule has 2 bridgehead atoms. The molecule has 4 atom stereocenters. The Labute approximate surface area is 171 Å². The maximum atomic E-state index is 12.1. The van der Waals surface area contributed by atoms with Crippen LogP contribution in [0.25, 0.3) is 0 Å². The van der Waals surface area contributed by atoms with E-state index in [1.165, 1.54) is 33.5 Å². The molecule has 3 nitrogen and oxygen atoms in total. The minimum absolute atomic E-state index is 0.246. The molecule has 4 heteroatoms. The standard InChI is InChI=1S/C8H13O.2C6H5.C4H5O2.Sn/c9-5-8-4-6-1-2-7(8)3-6;2*1-2-4-6-5-3-1;1-3-4(5)6-2;/h4,6-9H,1-3,5H2;2*1-5H;1,3H,2H3;/t6-,7+,8+;;;;/m0..../s1. The molecule has 0 amide bonds. The van der Waals surface area contributed by atoms with Gasteiger partial charge in [0, 0.05) is 0 Å². The third-order valence-electron chi connectivity index (χ3n) is 7.01. The van der Waals surface area contributed by atoms with Gasteiger partial charge in [-0.3, -0.25) is 0 Å². The number of carbonyl (C=O) groups is 1. The zero-order valence-electron chi connectivity index (χ0n) is 16.3. The van der Waals surface area contributed by atoms with Crippen LogP contribution in [-0.4, -0.2) is 43.2 Å². The SMILES string of the molecule is COC(=O)/C=[CH]\[Sn]([c]1ccccc1)([c]1ccccc1)[C@@H]1[C@H]2CC[C@H](C2)[C@H]1CO. The first-order valence-corrected chi connectivity index (χ1v) is 16.3. The van der Waals surface area contributed by atoms with E-state index in [9.17, 15) is 9.90 Å². The van der Waals surface area contributed by atoms with Crippen molar-refractivity contribution in [3.05, 3.63) is 70.8 Å². The van der Waals surface area contributed by atoms with Gasteiger partial charge in [-0.15, -0.1) is 0 Å². The van der Waals surface area contributed by atoms with Gasteiger partial charge in [-0.2, -0.15) is 0 Å². The molecule has 2 saturated carbocycles. The number of aliphatic hydroxyl groups excluding tert-OH is 1. The molecule has 0 saturated heterocycles. The molecule has 28 heavy (non-hydrogen) atoms. The van der Waals surface area contributed by atoms with Crippen LogP contribution in [0.5, 0.6) is 0 Å². The molecular formula is C24H28O3Sn. The fraction of sp³-hybridized carbons (Fsp3) is 0.375. The Morgan fingerprint density at radius 3 is 2.14 bits per heavy atom. The van der Waals surface area contributed by atoms with Crippen LogP contribution in [0.2, 0.25) is 3.93 Å². The number of ether oxygens (including phenoxy) is 1. The summed E-state index contributed by atoms with van der Waals surface area (Å²) in [6.45, 7) is 0.246. The van der Waals surface area contributed by atoms with Crippen LogP contribution in [0.15, 0.2) is 70.8 Å². The zero-order chi connectivity index (χ0) is 19.6. The van der Waals surface area contributed by atoms with Gasteiger partial charge in [0.25, 0.3) is 0 Å². The Hall–Kier alpha value is -1.59. The van der Waals surface area contributed by atoms with E-state index in [1.807, 2.05) is 0 Å². The summed E-state index contributed by atoms with van der Waals surface area (Å²) in [7, 11) is 1.43. The van der Waals surface area contributed by atoms with E-state index in [-0.39, 0.29) is 12.6 Å². The molecular weight excluding hydrogens is 455 g/mol. The summed E-state index contributed by atoms with van der Waals surface area (Å²) in [6, 6.07) is 21.5. The zero-order valence-corrected chi connectivity index (χ0v) is 19.2. The number of rotatable bonds is 6. The van der Waals surface area contributed by atoms with Crippen molar-refractivity contribution < 1.29 is 14.6 Å². The molecule has 0 spiro atoms. The second-order valence-corrected chi connectivity index (χ2v) is 19.3. The van der Waals surface area contributed by atoms with Crippen molar-refractivity contribution in [2.45, 2.75) is 23.2 Å². The average molecular weight is 483 g/mol. The van der Waals surface area contributed by atoms with Crippen LogP contribution in [0.4, 0.5) is 0 Å². The molecule has 2 aromatic rings. The Kier molecular flexibility index (Phi) is 5.93. The second-order valence-electron chi connectivity index (χ2n) is 8.16. The number of hydrogen-bond acceptors (Lipinski definition) is 3. The van der Waals surface area contributed by atoms with Crippen molar-refractivity contribution in [1.82, 2.24) is 0 Å². The Balaban J connectivity index is 1.95.